The summed E-state index contributed by atoms with van der Waals surface area (Å²) in [5.41, 5.74) is 0.814. The van der Waals surface area contributed by atoms with Gasteiger partial charge in [0, 0.05) is 0 Å². The molecule has 0 saturated heterocycles. The lowest BCUT2D eigenvalue weighted by Gasteiger charge is -2.35. The number of nitrogens with zero attached hydrogens (tertiary/aromatic N) is 1. The second kappa shape index (κ2) is 11.8. The summed E-state index contributed by atoms with van der Waals surface area (Å²) in [5, 5.41) is 0. The number of nitrogens with one attached hydrogen (secondary N) is 1. The van der Waals surface area contributed by atoms with Gasteiger partial charge in [-0.15, -0.1) is 0 Å². The lowest BCUT2D eigenvalue weighted by Crippen LogP contribution is -2.45. The van der Waals surface area contributed by atoms with E-state index in [1.165, 1.54) is 12.1 Å². The molecule has 1 aliphatic heterocycles. The molecule has 0 fully saturated rings. The highest BCUT2D eigenvalue weighted by Gasteiger charge is 2.38. The van der Waals surface area contributed by atoms with Crippen molar-refractivity contribution in [3.63, 3.8) is 0 Å². The van der Waals surface area contributed by atoms with Gasteiger partial charge in [0.2, 0.25) is 5.91 Å². The Morgan fingerprint density at radius 2 is 1.85 bits per heavy atom. The fourth-order valence-electron chi connectivity index (χ4n) is 3.79. The lowest BCUT2D eigenvalue weighted by atomic mass is 10.1. The van der Waals surface area contributed by atoms with Crippen molar-refractivity contribution in [2.24, 2.45) is 0 Å². The molecule has 0 aromatic heterocycles. The van der Waals surface area contributed by atoms with Crippen LogP contribution in [0.2, 0.25) is 0 Å². The van der Waals surface area contributed by atoms with Gasteiger partial charge < -0.3 is 9.47 Å². The molecule has 0 aliphatic carbocycles. The molecule has 214 valence electrons. The summed E-state index contributed by atoms with van der Waals surface area (Å²) in [6.45, 7) is 6.87. The van der Waals surface area contributed by atoms with E-state index in [1.54, 1.807) is 26.8 Å². The topological polar surface area (TPSA) is 111 Å². The molecule has 1 amide bonds. The first-order valence-electron chi connectivity index (χ1n) is 12.2. The number of ether oxygens (including phenoxy) is 2. The van der Waals surface area contributed by atoms with E-state index in [4.69, 9.17) is 14.3 Å². The third-order valence-corrected chi connectivity index (χ3v) is 7.15. The van der Waals surface area contributed by atoms with Gasteiger partial charge in [0.05, 0.1) is 42.1 Å². The quantitative estimate of drug-likeness (QED) is 0.270. The number of hydrogen-bond acceptors (Lipinski definition) is 7. The summed E-state index contributed by atoms with van der Waals surface area (Å²) in [7, 11) is -4.55. The predicted octanol–water partition coefficient (Wildman–Crippen LogP) is 4.39. The van der Waals surface area contributed by atoms with E-state index >= 15 is 0 Å². The predicted molar refractivity (Wildman–Crippen MR) is 135 cm³/mol. The Kier molecular flexibility index (Phi) is 9.16. The molecule has 1 N–H and O–H groups in total. The maximum atomic E-state index is 13.7. The van der Waals surface area contributed by atoms with Crippen LogP contribution in [0.1, 0.15) is 51.7 Å². The number of fused-ring (bicyclic) bond motifs is 1. The molecule has 39 heavy (non-hydrogen) atoms. The molecule has 2 aromatic rings. The SMILES string of the molecule is CCCONC(=O)C[C@H]1CN(S(=O)(=O)c2cccc(C(F)(F)F)c2)c2cc(CC(=O)OC(C)(C)C)ccc2O1. The maximum Gasteiger partial charge on any atom is 0.416 e. The Hall–Kier alpha value is -3.32. The number of alkyl halides is 3. The molecule has 0 bridgehead atoms. The second-order valence-corrected chi connectivity index (χ2v) is 11.8. The molecular weight excluding hydrogens is 541 g/mol. The zero-order valence-electron chi connectivity index (χ0n) is 22.0. The smallest absolute Gasteiger partial charge is 0.416 e. The Labute approximate surface area is 225 Å². The number of carbonyl (C=O) groups is 2. The van der Waals surface area contributed by atoms with Crippen LogP contribution in [-0.4, -0.2) is 45.2 Å². The number of halogens is 3. The van der Waals surface area contributed by atoms with Crippen LogP contribution in [-0.2, 0) is 41.8 Å². The molecule has 1 heterocycles. The number of benzene rings is 2. The molecule has 9 nitrogen and oxygen atoms in total. The first-order chi connectivity index (χ1) is 18.1. The van der Waals surface area contributed by atoms with Crippen molar-refractivity contribution in [3.8, 4) is 5.75 Å². The molecule has 0 saturated carbocycles. The van der Waals surface area contributed by atoms with Gasteiger partial charge in [0.1, 0.15) is 17.5 Å². The van der Waals surface area contributed by atoms with Crippen molar-refractivity contribution < 1.29 is 45.5 Å². The van der Waals surface area contributed by atoms with Crippen LogP contribution in [0, 0.1) is 0 Å². The highest BCUT2D eigenvalue weighted by atomic mass is 32.2. The third kappa shape index (κ3) is 8.09. The summed E-state index contributed by atoms with van der Waals surface area (Å²) < 4.78 is 79.5. The van der Waals surface area contributed by atoms with Crippen LogP contribution in [0.4, 0.5) is 18.9 Å². The van der Waals surface area contributed by atoms with Crippen LogP contribution < -0.4 is 14.5 Å². The minimum absolute atomic E-state index is 0.0207. The summed E-state index contributed by atoms with van der Waals surface area (Å²) in [6, 6.07) is 7.79. The van der Waals surface area contributed by atoms with Crippen molar-refractivity contribution >= 4 is 27.6 Å². The first-order valence-corrected chi connectivity index (χ1v) is 13.7. The van der Waals surface area contributed by atoms with Gasteiger partial charge in [0.15, 0.2) is 0 Å². The molecule has 2 aromatic carbocycles. The molecule has 0 spiro atoms. The Balaban J connectivity index is 1.99. The number of carbonyl (C=O) groups excluding carboxylic acids is 2. The minimum atomic E-state index is -4.76. The summed E-state index contributed by atoms with van der Waals surface area (Å²) >= 11 is 0. The fraction of sp³-hybridized carbons (Fsp3) is 0.462. The second-order valence-electron chi connectivity index (χ2n) is 9.94. The monoisotopic (exact) mass is 572 g/mol. The van der Waals surface area contributed by atoms with E-state index in [9.17, 15) is 31.2 Å². The van der Waals surface area contributed by atoms with Crippen molar-refractivity contribution in [2.45, 2.75) is 69.7 Å². The van der Waals surface area contributed by atoms with Gasteiger partial charge in [-0.2, -0.15) is 13.2 Å². The van der Waals surface area contributed by atoms with Crippen molar-refractivity contribution in [1.82, 2.24) is 5.48 Å². The van der Waals surface area contributed by atoms with Crippen LogP contribution in [0.25, 0.3) is 0 Å². The van der Waals surface area contributed by atoms with Crippen molar-refractivity contribution in [1.29, 1.82) is 0 Å². The highest BCUT2D eigenvalue weighted by molar-refractivity contribution is 7.92. The highest BCUT2D eigenvalue weighted by Crippen LogP contribution is 2.39. The molecule has 13 heteroatoms. The Bertz CT molecular complexity index is 1310. The number of esters is 1. The van der Waals surface area contributed by atoms with Gasteiger partial charge in [-0.05, 0) is 63.1 Å². The molecular formula is C26H31F3N2O7S. The zero-order valence-corrected chi connectivity index (χ0v) is 22.8. The number of anilines is 1. The summed E-state index contributed by atoms with van der Waals surface area (Å²) in [6.07, 6.45) is -5.53. The van der Waals surface area contributed by atoms with Gasteiger partial charge in [-0.1, -0.05) is 19.1 Å². The fourth-order valence-corrected chi connectivity index (χ4v) is 5.33. The number of hydrogen-bond donors (Lipinski definition) is 1. The number of hydroxylamine groups is 1. The standard InChI is InChI=1S/C26H31F3N2O7S/c1-5-11-36-30-23(32)15-19-16-31(39(34,35)20-8-6-7-18(14-20)26(27,28)29)21-12-17(9-10-22(21)37-19)13-24(33)38-25(2,3)4/h6-10,12,14,19H,5,11,13,15-16H2,1-4H3,(H,30,32)/t19-/m0/s1. The Morgan fingerprint density at radius 1 is 1.13 bits per heavy atom. The van der Waals surface area contributed by atoms with Gasteiger partial charge >= 0.3 is 12.1 Å². The maximum absolute atomic E-state index is 13.7. The average molecular weight is 573 g/mol. The Morgan fingerprint density at radius 3 is 2.49 bits per heavy atom. The molecule has 3 rings (SSSR count). The third-order valence-electron chi connectivity index (χ3n) is 5.38. The van der Waals surface area contributed by atoms with Crippen molar-refractivity contribution in [2.75, 3.05) is 17.5 Å². The van der Waals surface area contributed by atoms with E-state index in [1.807, 2.05) is 6.92 Å². The molecule has 0 unspecified atom stereocenters. The number of amides is 1. The van der Waals surface area contributed by atoms with E-state index in [0.29, 0.717) is 18.1 Å². The number of sulfonamides is 1. The van der Waals surface area contributed by atoms with E-state index in [-0.39, 0.29) is 37.4 Å². The van der Waals surface area contributed by atoms with E-state index < -0.39 is 50.2 Å². The summed E-state index contributed by atoms with van der Waals surface area (Å²) in [5.74, 6) is -1.03. The van der Waals surface area contributed by atoms with Gasteiger partial charge in [-0.25, -0.2) is 13.9 Å². The first kappa shape index (κ1) is 30.2. The minimum Gasteiger partial charge on any atom is -0.486 e. The normalized spacial score (nSPS) is 15.8. The van der Waals surface area contributed by atoms with E-state index in [0.717, 1.165) is 22.5 Å². The molecule has 0 radical (unpaired) electrons. The van der Waals surface area contributed by atoms with E-state index in [2.05, 4.69) is 5.48 Å². The summed E-state index contributed by atoms with van der Waals surface area (Å²) in [4.78, 5) is 29.1. The van der Waals surface area contributed by atoms with Crippen LogP contribution in [0.15, 0.2) is 47.4 Å². The molecule has 1 atom stereocenters. The number of rotatable bonds is 9. The lowest BCUT2D eigenvalue weighted by molar-refractivity contribution is -0.154. The average Bonchev–Trinajstić information content (AvgIpc) is 2.82. The van der Waals surface area contributed by atoms with Crippen LogP contribution in [0.5, 0.6) is 5.75 Å². The van der Waals surface area contributed by atoms with Crippen molar-refractivity contribution in [3.05, 3.63) is 53.6 Å². The van der Waals surface area contributed by atoms with Gasteiger partial charge in [0.25, 0.3) is 10.0 Å². The van der Waals surface area contributed by atoms with Crippen LogP contribution in [0.3, 0.4) is 0 Å². The van der Waals surface area contributed by atoms with Crippen LogP contribution >= 0.6 is 0 Å². The van der Waals surface area contributed by atoms with Gasteiger partial charge in [-0.3, -0.25) is 18.7 Å². The largest absolute Gasteiger partial charge is 0.486 e. The zero-order chi connectivity index (χ0) is 29.0. The molecule has 1 aliphatic rings.